The molecular weight excluding hydrogens is 414 g/mol. The third kappa shape index (κ3) is 5.74. The highest BCUT2D eigenvalue weighted by Gasteiger charge is 2.24. The van der Waals surface area contributed by atoms with Gasteiger partial charge >= 0.3 is 0 Å². The van der Waals surface area contributed by atoms with E-state index in [2.05, 4.69) is 27.0 Å². The van der Waals surface area contributed by atoms with Crippen molar-refractivity contribution in [3.8, 4) is 5.75 Å². The molecule has 3 aromatic rings. The molecule has 0 spiro atoms. The van der Waals surface area contributed by atoms with E-state index in [0.717, 1.165) is 13.1 Å². The van der Waals surface area contributed by atoms with Crippen molar-refractivity contribution in [3.05, 3.63) is 70.8 Å². The molecule has 1 atom stereocenters. The summed E-state index contributed by atoms with van der Waals surface area (Å²) in [5.74, 6) is 0.206. The van der Waals surface area contributed by atoms with E-state index >= 15 is 0 Å². The number of carbonyl (C=O) groups is 2. The van der Waals surface area contributed by atoms with Crippen LogP contribution in [0.25, 0.3) is 0 Å². The first-order chi connectivity index (χ1) is 15.2. The molecule has 0 radical (unpaired) electrons. The highest BCUT2D eigenvalue weighted by Crippen LogP contribution is 2.27. The van der Waals surface area contributed by atoms with Crippen LogP contribution >= 0.6 is 11.3 Å². The molecule has 2 aromatic heterocycles. The molecule has 7 nitrogen and oxygen atoms in total. The van der Waals surface area contributed by atoms with Gasteiger partial charge in [0.1, 0.15) is 5.75 Å². The minimum atomic E-state index is -0.346. The van der Waals surface area contributed by atoms with Crippen molar-refractivity contribution in [2.75, 3.05) is 31.6 Å². The Morgan fingerprint density at radius 2 is 2.00 bits per heavy atom. The van der Waals surface area contributed by atoms with Gasteiger partial charge in [0.25, 0.3) is 11.8 Å². The van der Waals surface area contributed by atoms with Crippen LogP contribution in [0.15, 0.2) is 64.6 Å². The zero-order valence-corrected chi connectivity index (χ0v) is 17.9. The number of furan rings is 1. The molecule has 0 bridgehead atoms. The number of nitrogens with zero attached hydrogens (tertiary/aromatic N) is 1. The van der Waals surface area contributed by atoms with E-state index in [0.29, 0.717) is 18.0 Å². The second-order valence-electron chi connectivity index (χ2n) is 7.33. The number of likely N-dealkylation sites (tertiary alicyclic amines) is 1. The first-order valence-corrected chi connectivity index (χ1v) is 11.2. The Bertz CT molecular complexity index is 982. The average Bonchev–Trinajstić information content (AvgIpc) is 3.56. The number of thiophene rings is 1. The Balaban J connectivity index is 1.28. The Hall–Kier alpha value is -3.10. The average molecular weight is 440 g/mol. The molecule has 4 rings (SSSR count). The molecule has 3 heterocycles. The van der Waals surface area contributed by atoms with Crippen molar-refractivity contribution < 1.29 is 18.7 Å². The molecule has 1 unspecified atom stereocenters. The van der Waals surface area contributed by atoms with Gasteiger partial charge in [-0.25, -0.2) is 0 Å². The molecule has 1 fully saturated rings. The number of hydrogen-bond donors (Lipinski definition) is 2. The molecule has 2 amide bonds. The van der Waals surface area contributed by atoms with Crippen LogP contribution in [-0.4, -0.2) is 43.0 Å². The van der Waals surface area contributed by atoms with E-state index in [9.17, 15) is 9.59 Å². The van der Waals surface area contributed by atoms with Crippen molar-refractivity contribution in [1.29, 1.82) is 0 Å². The minimum absolute atomic E-state index is 0.0905. The number of benzene rings is 1. The van der Waals surface area contributed by atoms with E-state index in [4.69, 9.17) is 9.15 Å². The summed E-state index contributed by atoms with van der Waals surface area (Å²) in [6, 6.07) is 14.5. The van der Waals surface area contributed by atoms with Gasteiger partial charge in [0, 0.05) is 23.2 Å². The second kappa shape index (κ2) is 10.3. The van der Waals surface area contributed by atoms with Gasteiger partial charge in [-0.15, -0.1) is 11.3 Å². The van der Waals surface area contributed by atoms with Crippen LogP contribution in [-0.2, 0) is 4.79 Å². The molecule has 8 heteroatoms. The fourth-order valence-electron chi connectivity index (χ4n) is 3.62. The van der Waals surface area contributed by atoms with E-state index in [1.165, 1.54) is 24.0 Å². The van der Waals surface area contributed by atoms with Crippen LogP contribution in [0.4, 0.5) is 5.69 Å². The first kappa shape index (κ1) is 21.1. The van der Waals surface area contributed by atoms with Crippen LogP contribution in [0.5, 0.6) is 5.75 Å². The molecule has 1 aliphatic heterocycles. The maximum absolute atomic E-state index is 12.4. The second-order valence-corrected chi connectivity index (χ2v) is 8.31. The zero-order valence-electron chi connectivity index (χ0n) is 17.1. The van der Waals surface area contributed by atoms with Crippen LogP contribution in [0.2, 0.25) is 0 Å². The normalized spacial score (nSPS) is 14.8. The molecule has 31 heavy (non-hydrogen) atoms. The molecule has 0 saturated carbocycles. The summed E-state index contributed by atoms with van der Waals surface area (Å²) in [7, 11) is 0. The van der Waals surface area contributed by atoms with Gasteiger partial charge in [-0.2, -0.15) is 0 Å². The third-order valence-corrected chi connectivity index (χ3v) is 6.13. The number of anilines is 1. The van der Waals surface area contributed by atoms with Crippen LogP contribution < -0.4 is 15.4 Å². The maximum atomic E-state index is 12.4. The van der Waals surface area contributed by atoms with Gasteiger partial charge in [0.2, 0.25) is 0 Å². The summed E-state index contributed by atoms with van der Waals surface area (Å²) < 4.78 is 10.7. The number of nitrogens with one attached hydrogen (secondary N) is 2. The molecule has 162 valence electrons. The summed E-state index contributed by atoms with van der Waals surface area (Å²) in [5, 5.41) is 7.81. The molecule has 1 aromatic carbocycles. The summed E-state index contributed by atoms with van der Waals surface area (Å²) in [6.45, 7) is 2.59. The van der Waals surface area contributed by atoms with Crippen molar-refractivity contribution >= 4 is 28.8 Å². The molecule has 1 aliphatic rings. The Labute approximate surface area is 185 Å². The van der Waals surface area contributed by atoms with Gasteiger partial charge in [-0.3, -0.25) is 14.5 Å². The fraction of sp³-hybridized carbons (Fsp3) is 0.304. The van der Waals surface area contributed by atoms with Crippen LogP contribution in [0.1, 0.15) is 34.3 Å². The van der Waals surface area contributed by atoms with Gasteiger partial charge in [0.05, 0.1) is 12.3 Å². The van der Waals surface area contributed by atoms with E-state index in [1.54, 1.807) is 47.7 Å². The lowest BCUT2D eigenvalue weighted by Crippen LogP contribution is -2.38. The molecular formula is C23H25N3O4S. The largest absolute Gasteiger partial charge is 0.484 e. The number of ether oxygens (including phenoxy) is 1. The Morgan fingerprint density at radius 1 is 1.13 bits per heavy atom. The van der Waals surface area contributed by atoms with Gasteiger partial charge in [-0.1, -0.05) is 12.1 Å². The number of rotatable bonds is 9. The number of hydrogen-bond acceptors (Lipinski definition) is 6. The topological polar surface area (TPSA) is 83.8 Å². The van der Waals surface area contributed by atoms with Crippen molar-refractivity contribution in [1.82, 2.24) is 10.2 Å². The molecule has 1 saturated heterocycles. The Morgan fingerprint density at radius 3 is 2.74 bits per heavy atom. The Kier molecular flexibility index (Phi) is 7.01. The van der Waals surface area contributed by atoms with Crippen LogP contribution in [0.3, 0.4) is 0 Å². The lowest BCUT2D eigenvalue weighted by atomic mass is 10.2. The van der Waals surface area contributed by atoms with Gasteiger partial charge < -0.3 is 19.8 Å². The highest BCUT2D eigenvalue weighted by molar-refractivity contribution is 7.10. The van der Waals surface area contributed by atoms with E-state index in [-0.39, 0.29) is 30.2 Å². The third-order valence-electron chi connectivity index (χ3n) is 5.15. The quantitative estimate of drug-likeness (QED) is 0.528. The summed E-state index contributed by atoms with van der Waals surface area (Å²) in [6.07, 6.45) is 3.84. The SMILES string of the molecule is O=C(COc1cccc(NC(=O)c2ccco2)c1)NCC(c1cccs1)N1CCCC1. The lowest BCUT2D eigenvalue weighted by Gasteiger charge is -2.26. The molecule has 0 aliphatic carbocycles. The van der Waals surface area contributed by atoms with Gasteiger partial charge in [-0.05, 0) is 61.6 Å². The summed E-state index contributed by atoms with van der Waals surface area (Å²) in [5.41, 5.74) is 0.561. The minimum Gasteiger partial charge on any atom is -0.484 e. The summed E-state index contributed by atoms with van der Waals surface area (Å²) in [4.78, 5) is 28.2. The standard InChI is InChI=1S/C23H25N3O4S/c27-22(24-15-19(21-9-5-13-31-21)26-10-1-2-11-26)16-30-18-7-3-6-17(14-18)25-23(28)20-8-4-12-29-20/h3-9,12-14,19H,1-2,10-11,15-16H2,(H,24,27)(H,25,28). The number of carbonyl (C=O) groups excluding carboxylic acids is 2. The van der Waals surface area contributed by atoms with Crippen molar-refractivity contribution in [3.63, 3.8) is 0 Å². The van der Waals surface area contributed by atoms with E-state index < -0.39 is 0 Å². The maximum Gasteiger partial charge on any atom is 0.291 e. The lowest BCUT2D eigenvalue weighted by molar-refractivity contribution is -0.123. The van der Waals surface area contributed by atoms with Crippen molar-refractivity contribution in [2.24, 2.45) is 0 Å². The molecule has 2 N–H and O–H groups in total. The summed E-state index contributed by atoms with van der Waals surface area (Å²) >= 11 is 1.72. The van der Waals surface area contributed by atoms with Crippen molar-refractivity contribution in [2.45, 2.75) is 18.9 Å². The predicted molar refractivity (Wildman–Crippen MR) is 119 cm³/mol. The van der Waals surface area contributed by atoms with E-state index in [1.807, 2.05) is 6.07 Å². The van der Waals surface area contributed by atoms with Gasteiger partial charge in [0.15, 0.2) is 12.4 Å². The van der Waals surface area contributed by atoms with Crippen LogP contribution in [0, 0.1) is 0 Å². The fourth-order valence-corrected chi connectivity index (χ4v) is 4.48. The monoisotopic (exact) mass is 439 g/mol. The zero-order chi connectivity index (χ0) is 21.5. The predicted octanol–water partition coefficient (Wildman–Crippen LogP) is 3.93. The first-order valence-electron chi connectivity index (χ1n) is 10.3. The smallest absolute Gasteiger partial charge is 0.291 e. The number of amides is 2. The highest BCUT2D eigenvalue weighted by atomic mass is 32.1.